The first-order valence-electron chi connectivity index (χ1n) is 9.52. The van der Waals surface area contributed by atoms with Crippen molar-refractivity contribution >= 4 is 17.3 Å². The molecule has 2 N–H and O–H groups in total. The van der Waals surface area contributed by atoms with Crippen molar-refractivity contribution in [2.45, 2.75) is 46.0 Å². The smallest absolute Gasteiger partial charge is 0.231 e. The molecule has 0 aliphatic carbocycles. The molecule has 1 aliphatic heterocycles. The molecule has 2 aromatic carbocycles. The van der Waals surface area contributed by atoms with Crippen LogP contribution in [0.4, 0.5) is 11.4 Å². The van der Waals surface area contributed by atoms with E-state index in [0.29, 0.717) is 36.3 Å². The summed E-state index contributed by atoms with van der Waals surface area (Å²) in [6.45, 7) is 9.58. The molecule has 1 heterocycles. The van der Waals surface area contributed by atoms with Crippen molar-refractivity contribution < 1.29 is 14.3 Å². The molecular formula is C22H28N2O3. The van der Waals surface area contributed by atoms with Gasteiger partial charge in [-0.05, 0) is 35.1 Å². The van der Waals surface area contributed by atoms with E-state index in [1.54, 1.807) is 6.07 Å². The third kappa shape index (κ3) is 4.54. The molecular weight excluding hydrogens is 340 g/mol. The summed E-state index contributed by atoms with van der Waals surface area (Å²) in [5.41, 5.74) is 4.46. The second kappa shape index (κ2) is 8.33. The Morgan fingerprint density at radius 3 is 2.33 bits per heavy atom. The minimum absolute atomic E-state index is 0.0329. The first kappa shape index (κ1) is 19.1. The number of hydrogen-bond donors (Lipinski definition) is 2. The molecule has 0 unspecified atom stereocenters. The Bertz CT molecular complexity index is 789. The van der Waals surface area contributed by atoms with E-state index < -0.39 is 0 Å². The van der Waals surface area contributed by atoms with Gasteiger partial charge >= 0.3 is 0 Å². The molecule has 27 heavy (non-hydrogen) atoms. The van der Waals surface area contributed by atoms with E-state index in [0.717, 1.165) is 5.69 Å². The topological polar surface area (TPSA) is 59.6 Å². The summed E-state index contributed by atoms with van der Waals surface area (Å²) in [6.07, 6.45) is 0.387. The highest BCUT2D eigenvalue weighted by Gasteiger charge is 2.15. The van der Waals surface area contributed by atoms with E-state index in [9.17, 15) is 4.79 Å². The lowest BCUT2D eigenvalue weighted by atomic mass is 9.92. The molecule has 1 aliphatic rings. The summed E-state index contributed by atoms with van der Waals surface area (Å²) in [5.74, 6) is 2.19. The Balaban J connectivity index is 1.60. The summed E-state index contributed by atoms with van der Waals surface area (Å²) in [7, 11) is 0. The lowest BCUT2D eigenvalue weighted by molar-refractivity contribution is -0.115. The lowest BCUT2D eigenvalue weighted by Gasteiger charge is -2.20. The number of carbonyl (C=O) groups is 1. The van der Waals surface area contributed by atoms with Crippen molar-refractivity contribution in [1.82, 2.24) is 0 Å². The number of fused-ring (bicyclic) bond motifs is 1. The third-order valence-electron chi connectivity index (χ3n) is 4.68. The summed E-state index contributed by atoms with van der Waals surface area (Å²) in [4.78, 5) is 12.3. The van der Waals surface area contributed by atoms with Crippen LogP contribution in [-0.4, -0.2) is 19.2 Å². The molecule has 0 atom stereocenters. The maximum absolute atomic E-state index is 12.3. The van der Waals surface area contributed by atoms with Crippen molar-refractivity contribution in [2.75, 3.05) is 24.0 Å². The van der Waals surface area contributed by atoms with Crippen LogP contribution in [0.5, 0.6) is 11.5 Å². The number of hydrogen-bond acceptors (Lipinski definition) is 4. The Hall–Kier alpha value is -2.69. The largest absolute Gasteiger partial charge is 0.454 e. The van der Waals surface area contributed by atoms with Crippen LogP contribution in [0.2, 0.25) is 0 Å². The first-order valence-corrected chi connectivity index (χ1v) is 9.52. The Morgan fingerprint density at radius 1 is 1.00 bits per heavy atom. The van der Waals surface area contributed by atoms with Crippen molar-refractivity contribution in [3.8, 4) is 11.5 Å². The van der Waals surface area contributed by atoms with Crippen molar-refractivity contribution in [3.05, 3.63) is 47.5 Å². The van der Waals surface area contributed by atoms with Gasteiger partial charge in [-0.3, -0.25) is 4.79 Å². The van der Waals surface area contributed by atoms with Crippen molar-refractivity contribution in [3.63, 3.8) is 0 Å². The van der Waals surface area contributed by atoms with E-state index in [-0.39, 0.29) is 12.7 Å². The van der Waals surface area contributed by atoms with Gasteiger partial charge in [-0.15, -0.1) is 0 Å². The lowest BCUT2D eigenvalue weighted by Crippen LogP contribution is -2.17. The highest BCUT2D eigenvalue weighted by Crippen LogP contribution is 2.34. The highest BCUT2D eigenvalue weighted by atomic mass is 16.7. The number of ether oxygens (including phenoxy) is 2. The van der Waals surface area contributed by atoms with Gasteiger partial charge in [0.15, 0.2) is 11.5 Å². The van der Waals surface area contributed by atoms with Crippen molar-refractivity contribution in [1.29, 1.82) is 0 Å². The maximum atomic E-state index is 12.3. The first-order chi connectivity index (χ1) is 13.0. The highest BCUT2D eigenvalue weighted by molar-refractivity contribution is 5.91. The summed E-state index contributed by atoms with van der Waals surface area (Å²) < 4.78 is 10.6. The Labute approximate surface area is 161 Å². The van der Waals surface area contributed by atoms with Crippen LogP contribution in [0.15, 0.2) is 36.4 Å². The standard InChI is InChI=1S/C22H28N2O3/c1-14(2)17-6-5-7-18(15(3)4)22(17)23-11-10-21(25)24-16-8-9-19-20(12-16)27-13-26-19/h5-9,12,14-15,23H,10-11,13H2,1-4H3,(H,24,25). The molecule has 144 valence electrons. The molecule has 0 bridgehead atoms. The summed E-state index contributed by atoms with van der Waals surface area (Å²) in [6, 6.07) is 11.9. The number of rotatable bonds is 7. The van der Waals surface area contributed by atoms with Gasteiger partial charge in [0.1, 0.15) is 0 Å². The van der Waals surface area contributed by atoms with Gasteiger partial charge in [-0.1, -0.05) is 45.9 Å². The van der Waals surface area contributed by atoms with Crippen LogP contribution >= 0.6 is 0 Å². The SMILES string of the molecule is CC(C)c1cccc(C(C)C)c1NCCC(=O)Nc1ccc2c(c1)OCO2. The zero-order chi connectivity index (χ0) is 19.4. The zero-order valence-corrected chi connectivity index (χ0v) is 16.5. The predicted molar refractivity (Wildman–Crippen MR) is 109 cm³/mol. The number of para-hydroxylation sites is 1. The number of nitrogens with one attached hydrogen (secondary N) is 2. The van der Waals surface area contributed by atoms with E-state index in [2.05, 4.69) is 56.5 Å². The average Bonchev–Trinajstić information content (AvgIpc) is 3.09. The monoisotopic (exact) mass is 368 g/mol. The number of amides is 1. The molecule has 0 saturated carbocycles. The van der Waals surface area contributed by atoms with Crippen LogP contribution in [0.25, 0.3) is 0 Å². The molecule has 2 aromatic rings. The van der Waals surface area contributed by atoms with Gasteiger partial charge in [-0.2, -0.15) is 0 Å². The van der Waals surface area contributed by atoms with Crippen LogP contribution < -0.4 is 20.1 Å². The fourth-order valence-electron chi connectivity index (χ4n) is 3.25. The Kier molecular flexibility index (Phi) is 5.89. The summed E-state index contributed by atoms with van der Waals surface area (Å²) in [5, 5.41) is 6.42. The molecule has 5 heteroatoms. The fourth-order valence-corrected chi connectivity index (χ4v) is 3.25. The molecule has 5 nitrogen and oxygen atoms in total. The third-order valence-corrected chi connectivity index (χ3v) is 4.68. The van der Waals surface area contributed by atoms with Crippen molar-refractivity contribution in [2.24, 2.45) is 0 Å². The van der Waals surface area contributed by atoms with E-state index in [1.807, 2.05) is 12.1 Å². The normalized spacial score (nSPS) is 12.5. The summed E-state index contributed by atoms with van der Waals surface area (Å²) >= 11 is 0. The van der Waals surface area contributed by atoms with Crippen LogP contribution in [0, 0.1) is 0 Å². The van der Waals surface area contributed by atoms with E-state index in [1.165, 1.54) is 16.8 Å². The van der Waals surface area contributed by atoms with E-state index >= 15 is 0 Å². The quantitative estimate of drug-likeness (QED) is 0.713. The Morgan fingerprint density at radius 2 is 1.67 bits per heavy atom. The van der Waals surface area contributed by atoms with Gasteiger partial charge < -0.3 is 20.1 Å². The molecule has 0 spiro atoms. The molecule has 0 radical (unpaired) electrons. The molecule has 0 aromatic heterocycles. The minimum Gasteiger partial charge on any atom is -0.454 e. The van der Waals surface area contributed by atoms with Gasteiger partial charge in [0.2, 0.25) is 12.7 Å². The van der Waals surface area contributed by atoms with Gasteiger partial charge in [-0.25, -0.2) is 0 Å². The number of carbonyl (C=O) groups excluding carboxylic acids is 1. The second-order valence-electron chi connectivity index (χ2n) is 7.41. The molecule has 3 rings (SSSR count). The predicted octanol–water partition coefficient (Wildman–Crippen LogP) is 5.10. The van der Waals surface area contributed by atoms with Crippen LogP contribution in [0.1, 0.15) is 57.1 Å². The van der Waals surface area contributed by atoms with Crippen LogP contribution in [-0.2, 0) is 4.79 Å². The van der Waals surface area contributed by atoms with Gasteiger partial charge in [0, 0.05) is 30.4 Å². The van der Waals surface area contributed by atoms with Gasteiger partial charge in [0.25, 0.3) is 0 Å². The number of benzene rings is 2. The molecule has 0 saturated heterocycles. The van der Waals surface area contributed by atoms with Gasteiger partial charge in [0.05, 0.1) is 0 Å². The van der Waals surface area contributed by atoms with Crippen LogP contribution in [0.3, 0.4) is 0 Å². The average molecular weight is 368 g/mol. The minimum atomic E-state index is -0.0329. The maximum Gasteiger partial charge on any atom is 0.231 e. The fraction of sp³-hybridized carbons (Fsp3) is 0.409. The van der Waals surface area contributed by atoms with E-state index in [4.69, 9.17) is 9.47 Å². The second-order valence-corrected chi connectivity index (χ2v) is 7.41. The number of anilines is 2. The molecule has 1 amide bonds. The molecule has 0 fully saturated rings. The zero-order valence-electron chi connectivity index (χ0n) is 16.5.